The van der Waals surface area contributed by atoms with E-state index in [0.29, 0.717) is 33.0 Å². The summed E-state index contributed by atoms with van der Waals surface area (Å²) >= 11 is 0. The number of hydrogen-bond acceptors (Lipinski definition) is 7. The van der Waals surface area contributed by atoms with E-state index < -0.39 is 0 Å². The Labute approximate surface area is 115 Å². The van der Waals surface area contributed by atoms with Crippen molar-refractivity contribution in [1.29, 1.82) is 0 Å². The fourth-order valence-electron chi connectivity index (χ4n) is 1.39. The second-order valence-electron chi connectivity index (χ2n) is 3.83. The number of nitrogens with zero attached hydrogens (tertiary/aromatic N) is 1. The number of ether oxygens (including phenoxy) is 4. The van der Waals surface area contributed by atoms with E-state index in [1.165, 1.54) is 0 Å². The molecule has 0 saturated heterocycles. The molecule has 0 radical (unpaired) electrons. The van der Waals surface area contributed by atoms with Crippen molar-refractivity contribution < 1.29 is 29.2 Å². The van der Waals surface area contributed by atoms with E-state index in [9.17, 15) is 0 Å². The Hall–Kier alpha value is -0.280. The van der Waals surface area contributed by atoms with Crippen molar-refractivity contribution in [2.45, 2.75) is 0 Å². The van der Waals surface area contributed by atoms with E-state index in [-0.39, 0.29) is 20.0 Å². The largest absolute Gasteiger partial charge is 0.394 e. The van der Waals surface area contributed by atoms with Crippen molar-refractivity contribution in [1.82, 2.24) is 4.90 Å². The summed E-state index contributed by atoms with van der Waals surface area (Å²) in [5.41, 5.74) is 0. The van der Waals surface area contributed by atoms with Gasteiger partial charge in [0.1, 0.15) is 6.79 Å². The van der Waals surface area contributed by atoms with Gasteiger partial charge in [-0.25, -0.2) is 0 Å². The Morgan fingerprint density at radius 1 is 0.737 bits per heavy atom. The van der Waals surface area contributed by atoms with Crippen LogP contribution in [-0.2, 0) is 18.9 Å². The van der Waals surface area contributed by atoms with Gasteiger partial charge in [0, 0.05) is 26.7 Å². The first-order valence-electron chi connectivity index (χ1n) is 6.51. The van der Waals surface area contributed by atoms with Crippen molar-refractivity contribution in [2.75, 3.05) is 79.8 Å². The Balaban J connectivity index is 3.66. The Morgan fingerprint density at radius 2 is 1.21 bits per heavy atom. The summed E-state index contributed by atoms with van der Waals surface area (Å²) in [4.78, 5) is 2.14. The molecule has 0 aromatic carbocycles. The first-order valence-corrected chi connectivity index (χ1v) is 6.51. The zero-order valence-electron chi connectivity index (χ0n) is 11.8. The molecule has 0 aliphatic carbocycles. The Bertz CT molecular complexity index is 144. The maximum atomic E-state index is 8.62. The van der Waals surface area contributed by atoms with Crippen LogP contribution in [0.3, 0.4) is 0 Å². The summed E-state index contributed by atoms with van der Waals surface area (Å²) in [5.74, 6) is 0. The van der Waals surface area contributed by atoms with Crippen LogP contribution in [0.25, 0.3) is 0 Å². The predicted molar refractivity (Wildman–Crippen MR) is 70.1 cm³/mol. The fraction of sp³-hybridized carbons (Fsp3) is 1.00. The summed E-state index contributed by atoms with van der Waals surface area (Å²) in [6.45, 7) is 5.03. The zero-order chi connectivity index (χ0) is 14.2. The smallest absolute Gasteiger partial charge is 0.146 e. The molecule has 0 saturated carbocycles. The van der Waals surface area contributed by atoms with Crippen LogP contribution in [0.2, 0.25) is 0 Å². The van der Waals surface area contributed by atoms with Crippen molar-refractivity contribution in [3.63, 3.8) is 0 Å². The van der Waals surface area contributed by atoms with Gasteiger partial charge in [-0.2, -0.15) is 0 Å². The topological polar surface area (TPSA) is 80.6 Å². The average molecular weight is 281 g/mol. The molecule has 2 N–H and O–H groups in total. The van der Waals surface area contributed by atoms with Gasteiger partial charge in [0.25, 0.3) is 0 Å². The molecular weight excluding hydrogens is 254 g/mol. The minimum atomic E-state index is 0.0383. The predicted octanol–water partition coefficient (Wildman–Crippen LogP) is -1.07. The quantitative estimate of drug-likeness (QED) is 0.292. The monoisotopic (exact) mass is 281 g/mol. The molecule has 0 aliphatic heterocycles. The van der Waals surface area contributed by atoms with Crippen LogP contribution in [-0.4, -0.2) is 94.9 Å². The third kappa shape index (κ3) is 13.9. The molecule has 0 atom stereocenters. The number of aliphatic hydroxyl groups is 2. The third-order valence-electron chi connectivity index (χ3n) is 2.33. The second kappa shape index (κ2) is 15.8. The average Bonchev–Trinajstić information content (AvgIpc) is 2.43. The van der Waals surface area contributed by atoms with Gasteiger partial charge in [-0.3, -0.25) is 4.90 Å². The fourth-order valence-corrected chi connectivity index (χ4v) is 1.39. The number of methoxy groups -OCH3 is 1. The molecule has 0 aromatic heterocycles. The van der Waals surface area contributed by atoms with Crippen molar-refractivity contribution in [3.05, 3.63) is 0 Å². The van der Waals surface area contributed by atoms with Gasteiger partial charge in [-0.1, -0.05) is 0 Å². The Kier molecular flexibility index (Phi) is 15.5. The number of rotatable bonds is 15. The highest BCUT2D eigenvalue weighted by atomic mass is 16.7. The molecule has 0 amide bonds. The molecule has 0 aromatic rings. The van der Waals surface area contributed by atoms with Gasteiger partial charge in [0.15, 0.2) is 0 Å². The number of hydrogen-bond donors (Lipinski definition) is 2. The van der Waals surface area contributed by atoms with Crippen LogP contribution in [0.1, 0.15) is 0 Å². The maximum Gasteiger partial charge on any atom is 0.146 e. The van der Waals surface area contributed by atoms with Crippen molar-refractivity contribution in [2.24, 2.45) is 0 Å². The number of aliphatic hydroxyl groups excluding tert-OH is 2. The molecule has 19 heavy (non-hydrogen) atoms. The summed E-state index contributed by atoms with van der Waals surface area (Å²) in [6, 6.07) is 0. The molecule has 0 fully saturated rings. The first-order chi connectivity index (χ1) is 9.35. The van der Waals surface area contributed by atoms with Crippen molar-refractivity contribution in [3.8, 4) is 0 Å². The van der Waals surface area contributed by atoms with E-state index in [1.54, 1.807) is 7.11 Å². The molecule has 7 nitrogen and oxygen atoms in total. The van der Waals surface area contributed by atoms with Crippen LogP contribution in [0, 0.1) is 0 Å². The Morgan fingerprint density at radius 3 is 1.63 bits per heavy atom. The lowest BCUT2D eigenvalue weighted by Gasteiger charge is -2.22. The molecule has 0 spiro atoms. The second-order valence-corrected chi connectivity index (χ2v) is 3.83. The van der Waals surface area contributed by atoms with Crippen molar-refractivity contribution >= 4 is 0 Å². The molecule has 116 valence electrons. The lowest BCUT2D eigenvalue weighted by molar-refractivity contribution is -0.0400. The first kappa shape index (κ1) is 18.7. The summed E-state index contributed by atoms with van der Waals surface area (Å²) in [6.07, 6.45) is 0. The third-order valence-corrected chi connectivity index (χ3v) is 2.33. The minimum absolute atomic E-state index is 0.0383. The van der Waals surface area contributed by atoms with E-state index in [4.69, 9.17) is 29.2 Å². The van der Waals surface area contributed by atoms with Gasteiger partial charge in [0.2, 0.25) is 0 Å². The highest BCUT2D eigenvalue weighted by Gasteiger charge is 2.05. The lowest BCUT2D eigenvalue weighted by atomic mass is 10.4. The van der Waals surface area contributed by atoms with Gasteiger partial charge in [0.05, 0.1) is 46.2 Å². The van der Waals surface area contributed by atoms with Gasteiger partial charge >= 0.3 is 0 Å². The maximum absolute atomic E-state index is 8.62. The van der Waals surface area contributed by atoms with Gasteiger partial charge in [-0.15, -0.1) is 0 Å². The molecule has 0 bridgehead atoms. The van der Waals surface area contributed by atoms with Crippen LogP contribution in [0.5, 0.6) is 0 Å². The summed E-state index contributed by atoms with van der Waals surface area (Å²) in [5, 5.41) is 17.2. The molecule has 0 heterocycles. The van der Waals surface area contributed by atoms with Crippen LogP contribution >= 0.6 is 0 Å². The summed E-state index contributed by atoms with van der Waals surface area (Å²) < 4.78 is 20.5. The van der Waals surface area contributed by atoms with E-state index in [1.807, 2.05) is 0 Å². The minimum Gasteiger partial charge on any atom is -0.394 e. The van der Waals surface area contributed by atoms with Crippen LogP contribution in [0.4, 0.5) is 0 Å². The molecule has 0 rings (SSSR count). The van der Waals surface area contributed by atoms with Gasteiger partial charge in [-0.05, 0) is 0 Å². The van der Waals surface area contributed by atoms with Crippen LogP contribution < -0.4 is 0 Å². The van der Waals surface area contributed by atoms with E-state index >= 15 is 0 Å². The standard InChI is InChI=1S/C12H27NO6/c1-16-12-19-9-4-13(2-7-17-10-5-14)3-8-18-11-6-15/h14-15H,2-12H2,1H3. The lowest BCUT2D eigenvalue weighted by Crippen LogP contribution is -2.34. The van der Waals surface area contributed by atoms with E-state index in [0.717, 1.165) is 19.6 Å². The van der Waals surface area contributed by atoms with Gasteiger partial charge < -0.3 is 29.2 Å². The SMILES string of the molecule is COCOCCN(CCOCCO)CCOCCO. The molecule has 7 heteroatoms. The normalized spacial score (nSPS) is 11.4. The highest BCUT2D eigenvalue weighted by Crippen LogP contribution is 1.91. The van der Waals surface area contributed by atoms with E-state index in [2.05, 4.69) is 4.90 Å². The highest BCUT2D eigenvalue weighted by molar-refractivity contribution is 4.56. The molecule has 0 aliphatic rings. The zero-order valence-corrected chi connectivity index (χ0v) is 11.8. The summed E-state index contributed by atoms with van der Waals surface area (Å²) in [7, 11) is 1.59. The molecule has 0 unspecified atom stereocenters. The van der Waals surface area contributed by atoms with Crippen LogP contribution in [0.15, 0.2) is 0 Å². The molecular formula is C12H27NO6.